The van der Waals surface area contributed by atoms with Gasteiger partial charge in [-0.3, -0.25) is 14.6 Å². The summed E-state index contributed by atoms with van der Waals surface area (Å²) in [5, 5.41) is 2.50. The minimum Gasteiger partial charge on any atom is -0.479 e. The Morgan fingerprint density at radius 2 is 1.96 bits per heavy atom. The van der Waals surface area contributed by atoms with Crippen LogP contribution in [0, 0.1) is 0 Å². The monoisotopic (exact) mass is 336 g/mol. The SMILES string of the molecule is COc1nc(C(N)=O)ccc1NC(=O)c1ccc(C(C)(F)F)nc1. The van der Waals surface area contributed by atoms with Gasteiger partial charge in [0.05, 0.1) is 12.7 Å². The lowest BCUT2D eigenvalue weighted by Crippen LogP contribution is -2.17. The van der Waals surface area contributed by atoms with Gasteiger partial charge in [0.15, 0.2) is 0 Å². The lowest BCUT2D eigenvalue weighted by molar-refractivity contribution is 0.0127. The van der Waals surface area contributed by atoms with Crippen molar-refractivity contribution < 1.29 is 23.1 Å². The summed E-state index contributed by atoms with van der Waals surface area (Å²) in [4.78, 5) is 30.7. The molecule has 126 valence electrons. The molecule has 0 atom stereocenters. The number of ether oxygens (including phenoxy) is 1. The maximum atomic E-state index is 13.1. The molecule has 9 heteroatoms. The van der Waals surface area contributed by atoms with Gasteiger partial charge in [-0.1, -0.05) is 0 Å². The molecule has 0 aromatic carbocycles. The Bertz CT molecular complexity index is 773. The van der Waals surface area contributed by atoms with E-state index in [2.05, 4.69) is 15.3 Å². The van der Waals surface area contributed by atoms with E-state index in [0.717, 1.165) is 12.3 Å². The molecule has 2 rings (SSSR count). The number of anilines is 1. The zero-order valence-corrected chi connectivity index (χ0v) is 12.8. The minimum absolute atomic E-state index is 0.00989. The molecule has 0 fully saturated rings. The van der Waals surface area contributed by atoms with Crippen molar-refractivity contribution in [1.29, 1.82) is 0 Å². The van der Waals surface area contributed by atoms with Crippen LogP contribution >= 0.6 is 0 Å². The van der Waals surface area contributed by atoms with Gasteiger partial charge in [0.25, 0.3) is 17.7 Å². The number of primary amides is 1. The average molecular weight is 336 g/mol. The van der Waals surface area contributed by atoms with E-state index in [9.17, 15) is 18.4 Å². The van der Waals surface area contributed by atoms with Crippen LogP contribution in [0.3, 0.4) is 0 Å². The quantitative estimate of drug-likeness (QED) is 0.868. The predicted molar refractivity (Wildman–Crippen MR) is 81.1 cm³/mol. The molecule has 2 amide bonds. The number of amides is 2. The Hall–Kier alpha value is -3.10. The van der Waals surface area contributed by atoms with Gasteiger partial charge < -0.3 is 15.8 Å². The highest BCUT2D eigenvalue weighted by Gasteiger charge is 2.26. The number of halogens is 2. The van der Waals surface area contributed by atoms with E-state index in [1.54, 1.807) is 0 Å². The van der Waals surface area contributed by atoms with Crippen LogP contribution in [0.1, 0.15) is 33.5 Å². The number of hydrogen-bond donors (Lipinski definition) is 2. The highest BCUT2D eigenvalue weighted by Crippen LogP contribution is 2.25. The maximum absolute atomic E-state index is 13.1. The van der Waals surface area contributed by atoms with Crippen molar-refractivity contribution in [2.45, 2.75) is 12.8 Å². The third kappa shape index (κ3) is 3.80. The topological polar surface area (TPSA) is 107 Å². The Labute approximate surface area is 135 Å². The summed E-state index contributed by atoms with van der Waals surface area (Å²) < 4.78 is 31.2. The Balaban J connectivity index is 2.22. The van der Waals surface area contributed by atoms with E-state index in [4.69, 9.17) is 10.5 Å². The van der Waals surface area contributed by atoms with Gasteiger partial charge in [0.1, 0.15) is 17.1 Å². The van der Waals surface area contributed by atoms with Gasteiger partial charge >= 0.3 is 0 Å². The van der Waals surface area contributed by atoms with Crippen LogP contribution < -0.4 is 15.8 Å². The average Bonchev–Trinajstić information content (AvgIpc) is 2.54. The van der Waals surface area contributed by atoms with E-state index < -0.39 is 23.4 Å². The summed E-state index contributed by atoms with van der Waals surface area (Å²) >= 11 is 0. The van der Waals surface area contributed by atoms with E-state index in [-0.39, 0.29) is 22.8 Å². The number of nitrogens with one attached hydrogen (secondary N) is 1. The van der Waals surface area contributed by atoms with Crippen LogP contribution in [-0.2, 0) is 5.92 Å². The highest BCUT2D eigenvalue weighted by atomic mass is 19.3. The molecule has 7 nitrogen and oxygen atoms in total. The molecule has 3 N–H and O–H groups in total. The lowest BCUT2D eigenvalue weighted by Gasteiger charge is -2.11. The van der Waals surface area contributed by atoms with Crippen LogP contribution in [0.15, 0.2) is 30.5 Å². The Morgan fingerprint density at radius 1 is 1.25 bits per heavy atom. The number of aromatic nitrogens is 2. The van der Waals surface area contributed by atoms with Gasteiger partial charge in [0, 0.05) is 13.1 Å². The third-order valence-electron chi connectivity index (χ3n) is 3.03. The van der Waals surface area contributed by atoms with Crippen LogP contribution in [0.25, 0.3) is 0 Å². The first-order chi connectivity index (χ1) is 11.2. The summed E-state index contributed by atoms with van der Waals surface area (Å²) in [6.07, 6.45) is 1.04. The van der Waals surface area contributed by atoms with Crippen molar-refractivity contribution in [2.24, 2.45) is 5.73 Å². The van der Waals surface area contributed by atoms with E-state index in [1.807, 2.05) is 0 Å². The number of alkyl halides is 2. The molecule has 2 aromatic rings. The number of carbonyl (C=O) groups is 2. The van der Waals surface area contributed by atoms with E-state index >= 15 is 0 Å². The predicted octanol–water partition coefficient (Wildman–Crippen LogP) is 1.95. The highest BCUT2D eigenvalue weighted by molar-refractivity contribution is 6.04. The molecular weight excluding hydrogens is 322 g/mol. The molecule has 2 aromatic heterocycles. The number of carbonyl (C=O) groups excluding carboxylic acids is 2. The second-order valence-corrected chi connectivity index (χ2v) is 4.89. The fraction of sp³-hybridized carbons (Fsp3) is 0.200. The van der Waals surface area contributed by atoms with E-state index in [1.165, 1.54) is 25.3 Å². The van der Waals surface area contributed by atoms with Crippen LogP contribution in [-0.4, -0.2) is 28.9 Å². The second kappa shape index (κ2) is 6.57. The van der Waals surface area contributed by atoms with Crippen LogP contribution in [0.4, 0.5) is 14.5 Å². The van der Waals surface area contributed by atoms with Crippen molar-refractivity contribution in [2.75, 3.05) is 12.4 Å². The largest absolute Gasteiger partial charge is 0.479 e. The van der Waals surface area contributed by atoms with Gasteiger partial charge in [-0.2, -0.15) is 8.78 Å². The van der Waals surface area contributed by atoms with Gasteiger partial charge in [0.2, 0.25) is 5.88 Å². The van der Waals surface area contributed by atoms with Crippen molar-refractivity contribution in [1.82, 2.24) is 9.97 Å². The summed E-state index contributed by atoms with van der Waals surface area (Å²) in [6.45, 7) is 0.714. The maximum Gasteiger partial charge on any atom is 0.286 e. The fourth-order valence-corrected chi connectivity index (χ4v) is 1.81. The number of nitrogens with two attached hydrogens (primary N) is 1. The molecule has 0 aliphatic carbocycles. The van der Waals surface area contributed by atoms with Gasteiger partial charge in [-0.15, -0.1) is 0 Å². The molecule has 0 bridgehead atoms. The summed E-state index contributed by atoms with van der Waals surface area (Å²) in [7, 11) is 1.31. The molecule has 24 heavy (non-hydrogen) atoms. The second-order valence-electron chi connectivity index (χ2n) is 4.89. The summed E-state index contributed by atoms with van der Waals surface area (Å²) in [5.74, 6) is -4.44. The summed E-state index contributed by atoms with van der Waals surface area (Å²) in [5.41, 5.74) is 4.91. The Morgan fingerprint density at radius 3 is 2.46 bits per heavy atom. The molecular formula is C15H14F2N4O3. The first-order valence-corrected chi connectivity index (χ1v) is 6.73. The summed E-state index contributed by atoms with van der Waals surface area (Å²) in [6, 6.07) is 5.01. The number of nitrogens with zero attached hydrogens (tertiary/aromatic N) is 2. The minimum atomic E-state index is -3.09. The lowest BCUT2D eigenvalue weighted by atomic mass is 10.2. The standard InChI is InChI=1S/C15H14F2N4O3/c1-15(16,17)11-6-3-8(7-19-11)13(23)20-10-5-4-9(12(18)22)21-14(10)24-2/h3-7H,1-2H3,(H2,18,22)(H,20,23). The molecule has 0 aliphatic rings. The smallest absolute Gasteiger partial charge is 0.286 e. The fourth-order valence-electron chi connectivity index (χ4n) is 1.81. The van der Waals surface area contributed by atoms with Crippen molar-refractivity contribution in [3.8, 4) is 5.88 Å². The number of pyridine rings is 2. The van der Waals surface area contributed by atoms with Crippen molar-refractivity contribution in [3.05, 3.63) is 47.4 Å². The van der Waals surface area contributed by atoms with Gasteiger partial charge in [-0.05, 0) is 24.3 Å². The first-order valence-electron chi connectivity index (χ1n) is 6.73. The molecule has 0 unspecified atom stereocenters. The zero-order chi connectivity index (χ0) is 17.9. The Kier molecular flexibility index (Phi) is 4.72. The van der Waals surface area contributed by atoms with E-state index in [0.29, 0.717) is 6.92 Å². The molecule has 0 spiro atoms. The number of rotatable bonds is 5. The normalized spacial score (nSPS) is 11.0. The molecule has 0 saturated carbocycles. The molecule has 2 heterocycles. The number of hydrogen-bond acceptors (Lipinski definition) is 5. The third-order valence-corrected chi connectivity index (χ3v) is 3.03. The first kappa shape index (κ1) is 17.3. The number of methoxy groups -OCH3 is 1. The van der Waals surface area contributed by atoms with Gasteiger partial charge in [-0.25, -0.2) is 4.98 Å². The molecule has 0 radical (unpaired) electrons. The van der Waals surface area contributed by atoms with Crippen LogP contribution in [0.5, 0.6) is 5.88 Å². The molecule has 0 saturated heterocycles. The zero-order valence-electron chi connectivity index (χ0n) is 12.8. The molecule has 0 aliphatic heterocycles. The van der Waals surface area contributed by atoms with Crippen molar-refractivity contribution >= 4 is 17.5 Å². The van der Waals surface area contributed by atoms with Crippen molar-refractivity contribution in [3.63, 3.8) is 0 Å². The van der Waals surface area contributed by atoms with Crippen LogP contribution in [0.2, 0.25) is 0 Å².